The van der Waals surface area contributed by atoms with Crippen LogP contribution in [-0.4, -0.2) is 49.0 Å². The van der Waals surface area contributed by atoms with Crippen molar-refractivity contribution in [2.45, 2.75) is 19.3 Å². The Labute approximate surface area is 162 Å². The summed E-state index contributed by atoms with van der Waals surface area (Å²) in [5.74, 6) is -2.09. The SMILES string of the molecule is COCCNCCNC(=O)c1nn(-c2ccc(F)c(F)c2)c2c1CCC2.Cl. The van der Waals surface area contributed by atoms with Crippen LogP contribution < -0.4 is 10.6 Å². The predicted octanol–water partition coefficient (Wildman–Crippen LogP) is 2.03. The van der Waals surface area contributed by atoms with Gasteiger partial charge < -0.3 is 15.4 Å². The van der Waals surface area contributed by atoms with Gasteiger partial charge >= 0.3 is 0 Å². The summed E-state index contributed by atoms with van der Waals surface area (Å²) in [7, 11) is 1.63. The summed E-state index contributed by atoms with van der Waals surface area (Å²) in [6.07, 6.45) is 2.43. The molecule has 148 valence electrons. The number of methoxy groups -OCH3 is 1. The van der Waals surface area contributed by atoms with E-state index < -0.39 is 11.6 Å². The Morgan fingerprint density at radius 2 is 2.04 bits per heavy atom. The van der Waals surface area contributed by atoms with Gasteiger partial charge in [0, 0.05) is 44.1 Å². The van der Waals surface area contributed by atoms with Gasteiger partial charge in [-0.15, -0.1) is 12.4 Å². The molecule has 1 heterocycles. The zero-order valence-electron chi connectivity index (χ0n) is 15.1. The minimum atomic E-state index is -0.933. The van der Waals surface area contributed by atoms with E-state index in [1.165, 1.54) is 6.07 Å². The maximum atomic E-state index is 13.6. The second-order valence-electron chi connectivity index (χ2n) is 6.14. The van der Waals surface area contributed by atoms with Crippen LogP contribution in [0.3, 0.4) is 0 Å². The van der Waals surface area contributed by atoms with Gasteiger partial charge in [-0.25, -0.2) is 13.5 Å². The van der Waals surface area contributed by atoms with Crippen LogP contribution in [0, 0.1) is 11.6 Å². The molecule has 1 aromatic carbocycles. The van der Waals surface area contributed by atoms with Crippen molar-refractivity contribution in [2.75, 3.05) is 33.4 Å². The van der Waals surface area contributed by atoms with E-state index in [1.807, 2.05) is 0 Å². The van der Waals surface area contributed by atoms with Gasteiger partial charge in [0.05, 0.1) is 12.3 Å². The van der Waals surface area contributed by atoms with Crippen LogP contribution in [0.2, 0.25) is 0 Å². The molecule has 0 spiro atoms. The van der Waals surface area contributed by atoms with E-state index in [0.29, 0.717) is 37.6 Å². The van der Waals surface area contributed by atoms with Crippen molar-refractivity contribution >= 4 is 18.3 Å². The van der Waals surface area contributed by atoms with Crippen LogP contribution in [0.1, 0.15) is 28.2 Å². The molecule has 27 heavy (non-hydrogen) atoms. The highest BCUT2D eigenvalue weighted by atomic mass is 35.5. The molecule has 0 saturated carbocycles. The zero-order chi connectivity index (χ0) is 18.5. The maximum absolute atomic E-state index is 13.6. The number of ether oxygens (including phenoxy) is 1. The minimum absolute atomic E-state index is 0. The van der Waals surface area contributed by atoms with Crippen LogP contribution in [0.25, 0.3) is 5.69 Å². The van der Waals surface area contributed by atoms with Crippen molar-refractivity contribution in [1.82, 2.24) is 20.4 Å². The van der Waals surface area contributed by atoms with Crippen LogP contribution in [0.15, 0.2) is 18.2 Å². The average Bonchev–Trinajstić information content (AvgIpc) is 3.23. The topological polar surface area (TPSA) is 68.2 Å². The number of benzene rings is 1. The van der Waals surface area contributed by atoms with E-state index >= 15 is 0 Å². The van der Waals surface area contributed by atoms with Crippen molar-refractivity contribution in [3.8, 4) is 5.69 Å². The Hall–Kier alpha value is -2.03. The highest BCUT2D eigenvalue weighted by Gasteiger charge is 2.27. The molecule has 0 atom stereocenters. The van der Waals surface area contributed by atoms with Crippen molar-refractivity contribution in [3.05, 3.63) is 46.8 Å². The molecule has 1 amide bonds. The summed E-state index contributed by atoms with van der Waals surface area (Å²) >= 11 is 0. The standard InChI is InChI=1S/C18H22F2N4O2.ClH/c1-26-10-9-21-7-8-22-18(25)17-13-3-2-4-16(13)24(23-17)12-5-6-14(19)15(20)11-12;/h5-6,11,21H,2-4,7-10H2,1H3,(H,22,25);1H. The lowest BCUT2D eigenvalue weighted by molar-refractivity contribution is 0.0947. The molecule has 0 radical (unpaired) electrons. The van der Waals surface area contributed by atoms with Gasteiger partial charge in [0.1, 0.15) is 0 Å². The molecule has 0 saturated heterocycles. The van der Waals surface area contributed by atoms with Gasteiger partial charge in [0.25, 0.3) is 5.91 Å². The van der Waals surface area contributed by atoms with Crippen molar-refractivity contribution in [2.24, 2.45) is 0 Å². The van der Waals surface area contributed by atoms with Crippen LogP contribution >= 0.6 is 12.4 Å². The second kappa shape index (κ2) is 9.77. The smallest absolute Gasteiger partial charge is 0.272 e. The summed E-state index contributed by atoms with van der Waals surface area (Å²) in [6.45, 7) is 2.42. The fourth-order valence-corrected chi connectivity index (χ4v) is 3.10. The Morgan fingerprint density at radius 3 is 2.78 bits per heavy atom. The monoisotopic (exact) mass is 400 g/mol. The van der Waals surface area contributed by atoms with Gasteiger partial charge in [-0.2, -0.15) is 5.10 Å². The van der Waals surface area contributed by atoms with Gasteiger partial charge in [-0.05, 0) is 31.4 Å². The third kappa shape index (κ3) is 4.82. The average molecular weight is 401 g/mol. The van der Waals surface area contributed by atoms with Crippen molar-refractivity contribution in [3.63, 3.8) is 0 Å². The number of nitrogens with one attached hydrogen (secondary N) is 2. The van der Waals surface area contributed by atoms with E-state index in [2.05, 4.69) is 15.7 Å². The maximum Gasteiger partial charge on any atom is 0.272 e. The molecule has 2 aromatic rings. The van der Waals surface area contributed by atoms with Gasteiger partial charge in [-0.3, -0.25) is 4.79 Å². The molecule has 1 aromatic heterocycles. The molecule has 0 unspecified atom stereocenters. The summed E-state index contributed by atoms with van der Waals surface area (Å²) < 4.78 is 33.2. The van der Waals surface area contributed by atoms with Gasteiger partial charge in [0.15, 0.2) is 17.3 Å². The number of carbonyl (C=O) groups excluding carboxylic acids is 1. The Morgan fingerprint density at radius 1 is 1.22 bits per heavy atom. The molecule has 0 fully saturated rings. The highest BCUT2D eigenvalue weighted by molar-refractivity contribution is 5.94. The molecular formula is C18H23ClF2N4O2. The van der Waals surface area contributed by atoms with Gasteiger partial charge in [0.2, 0.25) is 0 Å². The summed E-state index contributed by atoms with van der Waals surface area (Å²) in [4.78, 5) is 12.5. The number of hydrogen-bond acceptors (Lipinski definition) is 4. The lowest BCUT2D eigenvalue weighted by Gasteiger charge is -2.07. The normalized spacial score (nSPS) is 12.6. The number of nitrogens with zero attached hydrogens (tertiary/aromatic N) is 2. The quantitative estimate of drug-likeness (QED) is 0.665. The number of fused-ring (bicyclic) bond motifs is 1. The lowest BCUT2D eigenvalue weighted by Crippen LogP contribution is -2.33. The van der Waals surface area contributed by atoms with E-state index in [4.69, 9.17) is 4.74 Å². The third-order valence-corrected chi connectivity index (χ3v) is 4.36. The molecule has 1 aliphatic carbocycles. The molecule has 0 bridgehead atoms. The van der Waals surface area contributed by atoms with Gasteiger partial charge in [-0.1, -0.05) is 0 Å². The predicted molar refractivity (Wildman–Crippen MR) is 99.8 cm³/mol. The molecular weight excluding hydrogens is 378 g/mol. The van der Waals surface area contributed by atoms with E-state index in [-0.39, 0.29) is 18.3 Å². The second-order valence-corrected chi connectivity index (χ2v) is 6.14. The Bertz CT molecular complexity index is 798. The number of rotatable bonds is 8. The molecule has 3 rings (SSSR count). The van der Waals surface area contributed by atoms with Crippen molar-refractivity contribution in [1.29, 1.82) is 0 Å². The number of hydrogen-bond donors (Lipinski definition) is 2. The van der Waals surface area contributed by atoms with Crippen LogP contribution in [0.4, 0.5) is 8.78 Å². The first kappa shape index (κ1) is 21.3. The fraction of sp³-hybridized carbons (Fsp3) is 0.444. The minimum Gasteiger partial charge on any atom is -0.383 e. The molecule has 0 aliphatic heterocycles. The molecule has 2 N–H and O–H groups in total. The summed E-state index contributed by atoms with van der Waals surface area (Å²) in [6, 6.07) is 3.63. The number of amides is 1. The Balaban J connectivity index is 0.00000261. The van der Waals surface area contributed by atoms with Crippen LogP contribution in [-0.2, 0) is 17.6 Å². The summed E-state index contributed by atoms with van der Waals surface area (Å²) in [5.41, 5.74) is 2.56. The highest BCUT2D eigenvalue weighted by Crippen LogP contribution is 2.28. The fourth-order valence-electron chi connectivity index (χ4n) is 3.10. The first-order valence-electron chi connectivity index (χ1n) is 8.66. The number of carbonyl (C=O) groups is 1. The van der Waals surface area contributed by atoms with Crippen LogP contribution in [0.5, 0.6) is 0 Å². The largest absolute Gasteiger partial charge is 0.383 e. The lowest BCUT2D eigenvalue weighted by atomic mass is 10.2. The van der Waals surface area contributed by atoms with E-state index in [9.17, 15) is 13.6 Å². The molecule has 9 heteroatoms. The zero-order valence-corrected chi connectivity index (χ0v) is 15.9. The molecule has 1 aliphatic rings. The number of aromatic nitrogens is 2. The summed E-state index contributed by atoms with van der Waals surface area (Å²) in [5, 5.41) is 10.4. The first-order valence-corrected chi connectivity index (χ1v) is 8.66. The first-order chi connectivity index (χ1) is 12.6. The number of halogens is 3. The third-order valence-electron chi connectivity index (χ3n) is 4.36. The molecule has 6 nitrogen and oxygen atoms in total. The Kier molecular flexibility index (Phi) is 7.70. The van der Waals surface area contributed by atoms with Crippen molar-refractivity contribution < 1.29 is 18.3 Å². The van der Waals surface area contributed by atoms with E-state index in [1.54, 1.807) is 11.8 Å². The van der Waals surface area contributed by atoms with E-state index in [0.717, 1.165) is 42.7 Å².